The van der Waals surface area contributed by atoms with Gasteiger partial charge in [0.1, 0.15) is 18.2 Å². The lowest BCUT2D eigenvalue weighted by Crippen LogP contribution is -1.96. The maximum Gasteiger partial charge on any atom is 0.166 e. The molecule has 0 spiro atoms. The molecule has 1 nitrogen and oxygen atoms in total. The van der Waals surface area contributed by atoms with E-state index in [9.17, 15) is 13.2 Å². The Morgan fingerprint density at radius 2 is 1.58 bits per heavy atom. The van der Waals surface area contributed by atoms with Gasteiger partial charge in [-0.25, -0.2) is 13.2 Å². The summed E-state index contributed by atoms with van der Waals surface area (Å²) in [6.45, 7) is 1.75. The molecule has 3 aromatic rings. The normalized spacial score (nSPS) is 10.7. The van der Waals surface area contributed by atoms with Crippen LogP contribution < -0.4 is 4.74 Å². The standard InChI is InChI=1S/C20H15F3O/c1-13-5-10-18(20(23)19(13)22)15-6-8-17(9-7-15)24-12-14-3-2-4-16(21)11-14/h2-11H,12H2,1H3. The molecule has 0 aromatic heterocycles. The molecule has 0 amide bonds. The molecular formula is C20H15F3O. The molecule has 0 fully saturated rings. The fourth-order valence-corrected chi connectivity index (χ4v) is 2.39. The zero-order chi connectivity index (χ0) is 17.1. The van der Waals surface area contributed by atoms with Gasteiger partial charge in [-0.15, -0.1) is 0 Å². The second kappa shape index (κ2) is 6.79. The quantitative estimate of drug-likeness (QED) is 0.600. The second-order valence-corrected chi connectivity index (χ2v) is 5.50. The van der Waals surface area contributed by atoms with Crippen LogP contribution >= 0.6 is 0 Å². The van der Waals surface area contributed by atoms with Crippen molar-refractivity contribution < 1.29 is 17.9 Å². The highest BCUT2D eigenvalue weighted by Crippen LogP contribution is 2.28. The van der Waals surface area contributed by atoms with Crippen LogP contribution in [0.15, 0.2) is 60.7 Å². The van der Waals surface area contributed by atoms with Crippen molar-refractivity contribution in [2.24, 2.45) is 0 Å². The molecular weight excluding hydrogens is 313 g/mol. The molecule has 0 bridgehead atoms. The van der Waals surface area contributed by atoms with E-state index in [-0.39, 0.29) is 23.6 Å². The van der Waals surface area contributed by atoms with Gasteiger partial charge in [0.05, 0.1) is 0 Å². The Balaban J connectivity index is 1.75. The third-order valence-electron chi connectivity index (χ3n) is 3.74. The Labute approximate surface area is 138 Å². The van der Waals surface area contributed by atoms with Crippen molar-refractivity contribution >= 4 is 0 Å². The Bertz CT molecular complexity index is 857. The molecule has 0 aliphatic heterocycles. The molecule has 24 heavy (non-hydrogen) atoms. The first-order valence-electron chi connectivity index (χ1n) is 7.47. The van der Waals surface area contributed by atoms with Crippen LogP contribution in [0.4, 0.5) is 13.2 Å². The van der Waals surface area contributed by atoms with E-state index in [0.717, 1.165) is 0 Å². The van der Waals surface area contributed by atoms with Crippen molar-refractivity contribution in [3.8, 4) is 16.9 Å². The summed E-state index contributed by atoms with van der Waals surface area (Å²) in [4.78, 5) is 0. The van der Waals surface area contributed by atoms with Crippen LogP contribution in [0.2, 0.25) is 0 Å². The molecule has 0 aliphatic rings. The third-order valence-corrected chi connectivity index (χ3v) is 3.74. The fraction of sp³-hybridized carbons (Fsp3) is 0.100. The first-order chi connectivity index (χ1) is 11.5. The fourth-order valence-electron chi connectivity index (χ4n) is 2.39. The van der Waals surface area contributed by atoms with E-state index in [0.29, 0.717) is 16.9 Å². The summed E-state index contributed by atoms with van der Waals surface area (Å²) >= 11 is 0. The van der Waals surface area contributed by atoms with Crippen LogP contribution in [0.5, 0.6) is 5.75 Å². The lowest BCUT2D eigenvalue weighted by atomic mass is 10.0. The van der Waals surface area contributed by atoms with Gasteiger partial charge in [0.2, 0.25) is 0 Å². The average molecular weight is 328 g/mol. The van der Waals surface area contributed by atoms with Gasteiger partial charge in [-0.3, -0.25) is 0 Å². The number of hydrogen-bond donors (Lipinski definition) is 0. The van der Waals surface area contributed by atoms with E-state index in [1.807, 2.05) is 0 Å². The van der Waals surface area contributed by atoms with Gasteiger partial charge in [-0.05, 0) is 47.9 Å². The van der Waals surface area contributed by atoms with E-state index in [1.54, 1.807) is 48.5 Å². The predicted octanol–water partition coefficient (Wildman–Crippen LogP) is 5.66. The van der Waals surface area contributed by atoms with Gasteiger partial charge in [0, 0.05) is 5.56 Å². The lowest BCUT2D eigenvalue weighted by Gasteiger charge is -2.09. The van der Waals surface area contributed by atoms with Gasteiger partial charge >= 0.3 is 0 Å². The molecule has 0 heterocycles. The Hall–Kier alpha value is -2.75. The highest BCUT2D eigenvalue weighted by Gasteiger charge is 2.12. The van der Waals surface area contributed by atoms with Gasteiger partial charge in [-0.2, -0.15) is 0 Å². The molecule has 0 N–H and O–H groups in total. The molecule has 0 aliphatic carbocycles. The molecule has 0 saturated carbocycles. The van der Waals surface area contributed by atoms with Gasteiger partial charge in [0.15, 0.2) is 11.6 Å². The molecule has 0 radical (unpaired) electrons. The monoisotopic (exact) mass is 328 g/mol. The summed E-state index contributed by atoms with van der Waals surface area (Å²) < 4.78 is 46.4. The van der Waals surface area contributed by atoms with Crippen LogP contribution in [0.1, 0.15) is 11.1 Å². The molecule has 0 saturated heterocycles. The van der Waals surface area contributed by atoms with Crippen LogP contribution in [0, 0.1) is 24.4 Å². The molecule has 0 unspecified atom stereocenters. The van der Waals surface area contributed by atoms with Crippen molar-refractivity contribution in [3.05, 3.63) is 89.2 Å². The van der Waals surface area contributed by atoms with Crippen LogP contribution in [-0.2, 0) is 6.61 Å². The molecule has 122 valence electrons. The number of ether oxygens (including phenoxy) is 1. The third kappa shape index (κ3) is 3.43. The average Bonchev–Trinajstić information content (AvgIpc) is 2.59. The summed E-state index contributed by atoms with van der Waals surface area (Å²) in [7, 11) is 0. The lowest BCUT2D eigenvalue weighted by molar-refractivity contribution is 0.305. The topological polar surface area (TPSA) is 9.23 Å². The first-order valence-corrected chi connectivity index (χ1v) is 7.47. The largest absolute Gasteiger partial charge is 0.489 e. The van der Waals surface area contributed by atoms with Crippen LogP contribution in [0.3, 0.4) is 0 Å². The van der Waals surface area contributed by atoms with E-state index < -0.39 is 11.6 Å². The number of rotatable bonds is 4. The van der Waals surface area contributed by atoms with Crippen molar-refractivity contribution in [1.82, 2.24) is 0 Å². The maximum absolute atomic E-state index is 14.0. The highest BCUT2D eigenvalue weighted by molar-refractivity contribution is 5.65. The summed E-state index contributed by atoms with van der Waals surface area (Å²) in [6.07, 6.45) is 0. The minimum Gasteiger partial charge on any atom is -0.489 e. The van der Waals surface area contributed by atoms with Gasteiger partial charge < -0.3 is 4.74 Å². The number of hydrogen-bond acceptors (Lipinski definition) is 1. The zero-order valence-electron chi connectivity index (χ0n) is 13.0. The summed E-state index contributed by atoms with van der Waals surface area (Å²) in [6, 6.07) is 15.9. The number of aryl methyl sites for hydroxylation is 1. The van der Waals surface area contributed by atoms with Gasteiger partial charge in [0.25, 0.3) is 0 Å². The SMILES string of the molecule is Cc1ccc(-c2ccc(OCc3cccc(F)c3)cc2)c(F)c1F. The van der Waals surface area contributed by atoms with Crippen LogP contribution in [0.25, 0.3) is 11.1 Å². The number of halogens is 3. The smallest absolute Gasteiger partial charge is 0.166 e. The summed E-state index contributed by atoms with van der Waals surface area (Å²) in [5, 5.41) is 0. The van der Waals surface area contributed by atoms with Gasteiger partial charge in [-0.1, -0.05) is 36.4 Å². The van der Waals surface area contributed by atoms with E-state index >= 15 is 0 Å². The molecule has 3 aromatic carbocycles. The predicted molar refractivity (Wildman–Crippen MR) is 87.3 cm³/mol. The summed E-state index contributed by atoms with van der Waals surface area (Å²) in [5.74, 6) is -1.44. The Morgan fingerprint density at radius 1 is 0.833 bits per heavy atom. The minimum absolute atomic E-state index is 0.204. The molecule has 3 rings (SSSR count). The summed E-state index contributed by atoms with van der Waals surface area (Å²) in [5.41, 5.74) is 1.75. The second-order valence-electron chi connectivity index (χ2n) is 5.50. The highest BCUT2D eigenvalue weighted by atomic mass is 19.2. The Kier molecular flexibility index (Phi) is 4.56. The van der Waals surface area contributed by atoms with E-state index in [1.165, 1.54) is 19.1 Å². The minimum atomic E-state index is -0.858. The van der Waals surface area contributed by atoms with E-state index in [2.05, 4.69) is 0 Å². The van der Waals surface area contributed by atoms with Crippen molar-refractivity contribution in [2.75, 3.05) is 0 Å². The zero-order valence-corrected chi connectivity index (χ0v) is 13.0. The van der Waals surface area contributed by atoms with E-state index in [4.69, 9.17) is 4.74 Å². The first kappa shape index (κ1) is 16.1. The maximum atomic E-state index is 14.0. The van der Waals surface area contributed by atoms with Crippen molar-refractivity contribution in [1.29, 1.82) is 0 Å². The molecule has 0 atom stereocenters. The Morgan fingerprint density at radius 3 is 2.29 bits per heavy atom. The van der Waals surface area contributed by atoms with Crippen LogP contribution in [-0.4, -0.2) is 0 Å². The van der Waals surface area contributed by atoms with Crippen molar-refractivity contribution in [3.63, 3.8) is 0 Å². The number of benzene rings is 3. The molecule has 4 heteroatoms. The van der Waals surface area contributed by atoms with Crippen molar-refractivity contribution in [2.45, 2.75) is 13.5 Å².